The van der Waals surface area contributed by atoms with Crippen molar-refractivity contribution < 1.29 is 4.74 Å². The van der Waals surface area contributed by atoms with Crippen molar-refractivity contribution in [1.82, 2.24) is 4.98 Å². The van der Waals surface area contributed by atoms with Gasteiger partial charge in [-0.05, 0) is 18.6 Å². The quantitative estimate of drug-likeness (QED) is 0.464. The molecule has 0 aliphatic carbocycles. The van der Waals surface area contributed by atoms with Gasteiger partial charge in [0.25, 0.3) is 0 Å². The zero-order chi connectivity index (χ0) is 8.55. The van der Waals surface area contributed by atoms with Crippen molar-refractivity contribution in [3.8, 4) is 0 Å². The molecule has 1 atom stereocenters. The molecule has 1 aromatic heterocycles. The van der Waals surface area contributed by atoms with Crippen LogP contribution in [-0.2, 0) is 4.74 Å². The third-order valence-electron chi connectivity index (χ3n) is 1.89. The lowest BCUT2D eigenvalue weighted by Gasteiger charge is -1.98. The first kappa shape index (κ1) is 7.26. The Kier molecular flexibility index (Phi) is 1.56. The maximum absolute atomic E-state index is 6.83. The second kappa shape index (κ2) is 2.58. The van der Waals surface area contributed by atoms with Crippen LogP contribution in [0.3, 0.4) is 0 Å². The second-order valence-corrected chi connectivity index (χ2v) is 2.83. The highest BCUT2D eigenvalue weighted by molar-refractivity contribution is 5.50. The van der Waals surface area contributed by atoms with E-state index >= 15 is 0 Å². The van der Waals surface area contributed by atoms with Gasteiger partial charge in [-0.15, -0.1) is 0 Å². The van der Waals surface area contributed by atoms with Crippen molar-refractivity contribution >= 4 is 5.69 Å². The summed E-state index contributed by atoms with van der Waals surface area (Å²) in [4.78, 5) is 7.47. The van der Waals surface area contributed by atoms with Crippen LogP contribution < -0.4 is 0 Å². The van der Waals surface area contributed by atoms with E-state index in [2.05, 4.69) is 9.83 Å². The maximum atomic E-state index is 6.83. The summed E-state index contributed by atoms with van der Waals surface area (Å²) in [5, 5.41) is 0. The van der Waals surface area contributed by atoms with Gasteiger partial charge in [0.05, 0.1) is 18.9 Å². The summed E-state index contributed by atoms with van der Waals surface area (Å²) in [5.74, 6) is 0. The van der Waals surface area contributed by atoms with Crippen molar-refractivity contribution in [1.29, 1.82) is 0 Å². The van der Waals surface area contributed by atoms with Crippen LogP contribution in [0.1, 0.15) is 17.4 Å². The summed E-state index contributed by atoms with van der Waals surface area (Å²) < 4.78 is 5.08. The van der Waals surface area contributed by atoms with E-state index < -0.39 is 0 Å². The molecular weight excluding hydrogens is 152 g/mol. The molecule has 2 heterocycles. The van der Waals surface area contributed by atoms with Crippen molar-refractivity contribution in [3.63, 3.8) is 0 Å². The molecule has 1 aromatic rings. The van der Waals surface area contributed by atoms with Crippen LogP contribution in [0.2, 0.25) is 0 Å². The highest BCUT2D eigenvalue weighted by Crippen LogP contribution is 2.30. The highest BCUT2D eigenvalue weighted by atomic mass is 16.6. The van der Waals surface area contributed by atoms with Gasteiger partial charge in [0.1, 0.15) is 6.10 Å². The molecule has 2 rings (SSSR count). The second-order valence-electron chi connectivity index (χ2n) is 2.83. The molecule has 1 fully saturated rings. The van der Waals surface area contributed by atoms with Gasteiger partial charge >= 0.3 is 0 Å². The SMILES string of the molecule is [C-]#[N+]c1cnc(C2CO2)cc1C. The van der Waals surface area contributed by atoms with Crippen molar-refractivity contribution in [3.05, 3.63) is 34.9 Å². The Balaban J connectivity index is 2.38. The van der Waals surface area contributed by atoms with Crippen LogP contribution in [-0.4, -0.2) is 11.6 Å². The predicted molar refractivity (Wildman–Crippen MR) is 43.9 cm³/mol. The molecule has 12 heavy (non-hydrogen) atoms. The summed E-state index contributed by atoms with van der Waals surface area (Å²) in [6, 6.07) is 1.92. The number of ether oxygens (including phenoxy) is 1. The normalized spacial score (nSPS) is 20.2. The fraction of sp³-hybridized carbons (Fsp3) is 0.333. The molecule has 1 unspecified atom stereocenters. The fourth-order valence-electron chi connectivity index (χ4n) is 1.08. The van der Waals surface area contributed by atoms with E-state index in [-0.39, 0.29) is 6.10 Å². The summed E-state index contributed by atoms with van der Waals surface area (Å²) in [5.41, 5.74) is 2.55. The molecule has 0 saturated carbocycles. The number of aromatic nitrogens is 1. The molecule has 0 spiro atoms. The fourth-order valence-corrected chi connectivity index (χ4v) is 1.08. The van der Waals surface area contributed by atoms with E-state index in [0.29, 0.717) is 5.69 Å². The zero-order valence-electron chi connectivity index (χ0n) is 6.74. The topological polar surface area (TPSA) is 29.8 Å². The Labute approximate surface area is 70.8 Å². The average Bonchev–Trinajstić information content (AvgIpc) is 2.86. The van der Waals surface area contributed by atoms with E-state index in [1.165, 1.54) is 0 Å². The third kappa shape index (κ3) is 1.17. The standard InChI is InChI=1S/C9H8N2O/c1-6-3-7(9-5-12-9)11-4-8(6)10-2/h3-4,9H,5H2,1H3. The van der Waals surface area contributed by atoms with Gasteiger partial charge in [0.2, 0.25) is 5.69 Å². The van der Waals surface area contributed by atoms with E-state index in [1.54, 1.807) is 6.20 Å². The average molecular weight is 160 g/mol. The number of pyridine rings is 1. The lowest BCUT2D eigenvalue weighted by molar-refractivity contribution is 0.411. The minimum atomic E-state index is 0.184. The number of nitrogens with zero attached hydrogens (tertiary/aromatic N) is 2. The van der Waals surface area contributed by atoms with E-state index in [4.69, 9.17) is 11.3 Å². The number of rotatable bonds is 1. The van der Waals surface area contributed by atoms with Crippen LogP contribution >= 0.6 is 0 Å². The smallest absolute Gasteiger partial charge is 0.207 e. The number of epoxide rings is 1. The van der Waals surface area contributed by atoms with Crippen LogP contribution in [0.25, 0.3) is 4.85 Å². The van der Waals surface area contributed by atoms with Crippen LogP contribution in [0.4, 0.5) is 5.69 Å². The predicted octanol–water partition coefficient (Wildman–Crippen LogP) is 2.01. The Hall–Kier alpha value is -1.40. The summed E-state index contributed by atoms with van der Waals surface area (Å²) in [7, 11) is 0. The molecule has 0 radical (unpaired) electrons. The summed E-state index contributed by atoms with van der Waals surface area (Å²) in [6.07, 6.45) is 1.79. The first-order valence-corrected chi connectivity index (χ1v) is 3.77. The highest BCUT2D eigenvalue weighted by Gasteiger charge is 2.26. The maximum Gasteiger partial charge on any atom is 0.207 e. The Morgan fingerprint density at radius 3 is 3.00 bits per heavy atom. The van der Waals surface area contributed by atoms with Gasteiger partial charge in [-0.1, -0.05) is 0 Å². The van der Waals surface area contributed by atoms with Gasteiger partial charge in [-0.3, -0.25) is 4.98 Å². The largest absolute Gasteiger partial charge is 0.366 e. The molecule has 0 bridgehead atoms. The number of hydrogen-bond donors (Lipinski definition) is 0. The van der Waals surface area contributed by atoms with E-state index in [1.807, 2.05) is 13.0 Å². The lowest BCUT2D eigenvalue weighted by Crippen LogP contribution is -1.87. The summed E-state index contributed by atoms with van der Waals surface area (Å²) in [6.45, 7) is 9.52. The minimum Gasteiger partial charge on any atom is -0.366 e. The molecule has 60 valence electrons. The molecule has 1 aliphatic heterocycles. The first-order chi connectivity index (χ1) is 5.81. The van der Waals surface area contributed by atoms with Gasteiger partial charge in [0, 0.05) is 6.20 Å². The van der Waals surface area contributed by atoms with Gasteiger partial charge in [0.15, 0.2) is 0 Å². The molecule has 1 saturated heterocycles. The molecule has 3 nitrogen and oxygen atoms in total. The third-order valence-corrected chi connectivity index (χ3v) is 1.89. The van der Waals surface area contributed by atoms with E-state index in [9.17, 15) is 0 Å². The van der Waals surface area contributed by atoms with Crippen LogP contribution in [0.15, 0.2) is 12.3 Å². The van der Waals surface area contributed by atoms with Gasteiger partial charge < -0.3 is 4.74 Å². The van der Waals surface area contributed by atoms with Crippen molar-refractivity contribution in [2.24, 2.45) is 0 Å². The monoisotopic (exact) mass is 160 g/mol. The Morgan fingerprint density at radius 1 is 1.75 bits per heavy atom. The van der Waals surface area contributed by atoms with E-state index in [0.717, 1.165) is 17.9 Å². The van der Waals surface area contributed by atoms with Crippen molar-refractivity contribution in [2.75, 3.05) is 6.61 Å². The van der Waals surface area contributed by atoms with Gasteiger partial charge in [-0.25, -0.2) is 4.85 Å². The van der Waals surface area contributed by atoms with Crippen LogP contribution in [0.5, 0.6) is 0 Å². The molecule has 0 amide bonds. The lowest BCUT2D eigenvalue weighted by atomic mass is 10.2. The molecular formula is C9H8N2O. The first-order valence-electron chi connectivity index (χ1n) is 3.77. The Morgan fingerprint density at radius 2 is 2.50 bits per heavy atom. The number of hydrogen-bond acceptors (Lipinski definition) is 2. The zero-order valence-corrected chi connectivity index (χ0v) is 6.74. The summed E-state index contributed by atoms with van der Waals surface area (Å²) >= 11 is 0. The van der Waals surface area contributed by atoms with Crippen LogP contribution in [0, 0.1) is 13.5 Å². The minimum absolute atomic E-state index is 0.184. The Bertz CT molecular complexity index is 350. The molecule has 0 aromatic carbocycles. The number of aryl methyl sites for hydroxylation is 1. The molecule has 0 N–H and O–H groups in total. The molecule has 3 heteroatoms. The molecule has 1 aliphatic rings. The van der Waals surface area contributed by atoms with Crippen molar-refractivity contribution in [2.45, 2.75) is 13.0 Å². The van der Waals surface area contributed by atoms with Gasteiger partial charge in [-0.2, -0.15) is 0 Å².